The molecule has 0 aromatic carbocycles. The molecule has 1 aliphatic rings. The van der Waals surface area contributed by atoms with Gasteiger partial charge in [0.2, 0.25) is 0 Å². The summed E-state index contributed by atoms with van der Waals surface area (Å²) in [5.41, 5.74) is -0.126. The third-order valence-corrected chi connectivity index (χ3v) is 3.87. The number of hydrogen-bond acceptors (Lipinski definition) is 2. The fraction of sp³-hybridized carbons (Fsp3) is 0.929. The van der Waals surface area contributed by atoms with E-state index in [0.717, 1.165) is 19.3 Å². The molecule has 0 radical (unpaired) electrons. The molecule has 0 atom stereocenters. The molecule has 16 heavy (non-hydrogen) atoms. The van der Waals surface area contributed by atoms with Crippen LogP contribution in [0.5, 0.6) is 0 Å². The molecule has 0 amide bonds. The highest BCUT2D eigenvalue weighted by atomic mass is 16.5. The summed E-state index contributed by atoms with van der Waals surface area (Å²) in [7, 11) is 1.73. The van der Waals surface area contributed by atoms with Gasteiger partial charge in [-0.1, -0.05) is 40.0 Å². The van der Waals surface area contributed by atoms with E-state index in [1.54, 1.807) is 7.11 Å². The van der Waals surface area contributed by atoms with E-state index in [1.807, 2.05) is 0 Å². The Morgan fingerprint density at radius 2 is 1.94 bits per heavy atom. The van der Waals surface area contributed by atoms with Crippen molar-refractivity contribution in [2.45, 2.75) is 65.4 Å². The topological polar surface area (TPSA) is 26.3 Å². The number of methoxy groups -OCH3 is 1. The second kappa shape index (κ2) is 5.81. The third kappa shape index (κ3) is 3.31. The predicted molar refractivity (Wildman–Crippen MR) is 66.5 cm³/mol. The number of carbonyl (C=O) groups is 1. The minimum Gasteiger partial charge on any atom is -0.381 e. The van der Waals surface area contributed by atoms with Crippen LogP contribution in [0.2, 0.25) is 0 Å². The monoisotopic (exact) mass is 226 g/mol. The van der Waals surface area contributed by atoms with Crippen molar-refractivity contribution < 1.29 is 9.53 Å². The maximum Gasteiger partial charge on any atom is 0.141 e. The lowest BCUT2D eigenvalue weighted by atomic mass is 9.69. The molecular weight excluding hydrogens is 200 g/mol. The standard InChI is InChI=1S/C14H26O2/c1-5-6-7-8-14(2,3)13(15)11-9-12(10-11)16-4/h11-12H,5-10H2,1-4H3. The third-order valence-electron chi connectivity index (χ3n) is 3.87. The van der Waals surface area contributed by atoms with E-state index < -0.39 is 0 Å². The molecule has 0 N–H and O–H groups in total. The highest BCUT2D eigenvalue weighted by Gasteiger charge is 2.40. The molecule has 0 aromatic rings. The summed E-state index contributed by atoms with van der Waals surface area (Å²) < 4.78 is 5.23. The quantitative estimate of drug-likeness (QED) is 0.620. The van der Waals surface area contributed by atoms with Gasteiger partial charge < -0.3 is 4.74 Å². The Morgan fingerprint density at radius 1 is 1.31 bits per heavy atom. The smallest absolute Gasteiger partial charge is 0.141 e. The van der Waals surface area contributed by atoms with E-state index in [1.165, 1.54) is 19.3 Å². The van der Waals surface area contributed by atoms with Gasteiger partial charge in [-0.05, 0) is 19.3 Å². The summed E-state index contributed by atoms with van der Waals surface area (Å²) in [6.07, 6.45) is 6.88. The van der Waals surface area contributed by atoms with Gasteiger partial charge in [-0.15, -0.1) is 0 Å². The van der Waals surface area contributed by atoms with Gasteiger partial charge >= 0.3 is 0 Å². The van der Waals surface area contributed by atoms with E-state index in [-0.39, 0.29) is 11.3 Å². The number of ketones is 1. The Bertz CT molecular complexity index is 227. The zero-order valence-electron chi connectivity index (χ0n) is 11.2. The second-order valence-corrected chi connectivity index (χ2v) is 5.73. The molecule has 0 spiro atoms. The maximum absolute atomic E-state index is 12.2. The highest BCUT2D eigenvalue weighted by molar-refractivity contribution is 5.87. The van der Waals surface area contributed by atoms with Gasteiger partial charge in [-0.3, -0.25) is 4.79 Å². The van der Waals surface area contributed by atoms with Crippen LogP contribution in [0.3, 0.4) is 0 Å². The lowest BCUT2D eigenvalue weighted by Crippen LogP contribution is -2.41. The summed E-state index contributed by atoms with van der Waals surface area (Å²) in [4.78, 5) is 12.2. The number of carbonyl (C=O) groups excluding carboxylic acids is 1. The minimum absolute atomic E-state index is 0.126. The molecule has 0 aliphatic heterocycles. The van der Waals surface area contributed by atoms with Crippen LogP contribution in [0.4, 0.5) is 0 Å². The first-order valence-electron chi connectivity index (χ1n) is 6.58. The number of ether oxygens (including phenoxy) is 1. The van der Waals surface area contributed by atoms with Crippen molar-refractivity contribution in [2.24, 2.45) is 11.3 Å². The van der Waals surface area contributed by atoms with Crippen LogP contribution in [0, 0.1) is 11.3 Å². The van der Waals surface area contributed by atoms with Gasteiger partial charge in [-0.25, -0.2) is 0 Å². The Morgan fingerprint density at radius 3 is 2.44 bits per heavy atom. The van der Waals surface area contributed by atoms with Gasteiger partial charge in [0.15, 0.2) is 0 Å². The summed E-state index contributed by atoms with van der Waals surface area (Å²) in [5.74, 6) is 0.721. The van der Waals surface area contributed by atoms with E-state index >= 15 is 0 Å². The van der Waals surface area contributed by atoms with Crippen molar-refractivity contribution in [3.8, 4) is 0 Å². The zero-order valence-corrected chi connectivity index (χ0v) is 11.2. The van der Waals surface area contributed by atoms with Crippen molar-refractivity contribution in [2.75, 3.05) is 7.11 Å². The lowest BCUT2D eigenvalue weighted by molar-refractivity contribution is -0.139. The fourth-order valence-corrected chi connectivity index (χ4v) is 2.46. The van der Waals surface area contributed by atoms with Crippen LogP contribution in [-0.2, 0) is 9.53 Å². The Balaban J connectivity index is 2.34. The fourth-order valence-electron chi connectivity index (χ4n) is 2.46. The molecule has 0 bridgehead atoms. The largest absolute Gasteiger partial charge is 0.381 e. The van der Waals surface area contributed by atoms with Crippen molar-refractivity contribution in [1.29, 1.82) is 0 Å². The average Bonchev–Trinajstić information content (AvgIpc) is 2.16. The molecule has 0 unspecified atom stereocenters. The van der Waals surface area contributed by atoms with Gasteiger partial charge in [0.05, 0.1) is 6.10 Å². The van der Waals surface area contributed by atoms with Crippen molar-refractivity contribution in [3.63, 3.8) is 0 Å². The number of rotatable bonds is 7. The van der Waals surface area contributed by atoms with Crippen LogP contribution in [0.1, 0.15) is 59.3 Å². The van der Waals surface area contributed by atoms with E-state index in [0.29, 0.717) is 11.9 Å². The molecule has 94 valence electrons. The van der Waals surface area contributed by atoms with Gasteiger partial charge in [0.1, 0.15) is 5.78 Å². The van der Waals surface area contributed by atoms with Crippen LogP contribution in [-0.4, -0.2) is 19.0 Å². The van der Waals surface area contributed by atoms with Crippen molar-refractivity contribution in [1.82, 2.24) is 0 Å². The Kier molecular flexibility index (Phi) is 4.97. The zero-order chi connectivity index (χ0) is 12.2. The molecule has 0 saturated heterocycles. The lowest BCUT2D eigenvalue weighted by Gasteiger charge is -2.38. The summed E-state index contributed by atoms with van der Waals surface area (Å²) in [6.45, 7) is 6.40. The Labute approximate surface area is 99.8 Å². The van der Waals surface area contributed by atoms with E-state index in [2.05, 4.69) is 20.8 Å². The molecule has 2 heteroatoms. The van der Waals surface area contributed by atoms with E-state index in [4.69, 9.17) is 4.74 Å². The van der Waals surface area contributed by atoms with Crippen LogP contribution < -0.4 is 0 Å². The molecular formula is C14H26O2. The summed E-state index contributed by atoms with van der Waals surface area (Å²) in [5, 5.41) is 0. The van der Waals surface area contributed by atoms with Crippen molar-refractivity contribution >= 4 is 5.78 Å². The van der Waals surface area contributed by atoms with Gasteiger partial charge in [0, 0.05) is 18.4 Å². The first kappa shape index (κ1) is 13.7. The number of Topliss-reactive ketones (excluding diaryl/α,β-unsaturated/α-hetero) is 1. The summed E-state index contributed by atoms with van der Waals surface area (Å²) >= 11 is 0. The SMILES string of the molecule is CCCCCC(C)(C)C(=O)C1CC(OC)C1. The minimum atomic E-state index is -0.126. The molecule has 1 saturated carbocycles. The van der Waals surface area contributed by atoms with Crippen molar-refractivity contribution in [3.05, 3.63) is 0 Å². The van der Waals surface area contributed by atoms with Gasteiger partial charge in [-0.2, -0.15) is 0 Å². The molecule has 0 heterocycles. The van der Waals surface area contributed by atoms with Crippen LogP contribution >= 0.6 is 0 Å². The predicted octanol–water partition coefficient (Wildman–Crippen LogP) is 3.59. The molecule has 1 aliphatic carbocycles. The molecule has 2 nitrogen and oxygen atoms in total. The first-order valence-corrected chi connectivity index (χ1v) is 6.58. The second-order valence-electron chi connectivity index (χ2n) is 5.73. The normalized spacial score (nSPS) is 25.2. The van der Waals surface area contributed by atoms with E-state index in [9.17, 15) is 4.79 Å². The molecule has 0 aromatic heterocycles. The first-order chi connectivity index (χ1) is 7.51. The van der Waals surface area contributed by atoms with Crippen LogP contribution in [0.15, 0.2) is 0 Å². The highest BCUT2D eigenvalue weighted by Crippen LogP contribution is 2.38. The maximum atomic E-state index is 12.2. The Hall–Kier alpha value is -0.370. The van der Waals surface area contributed by atoms with Gasteiger partial charge in [0.25, 0.3) is 0 Å². The summed E-state index contributed by atoms with van der Waals surface area (Å²) in [6, 6.07) is 0. The average molecular weight is 226 g/mol. The number of hydrogen-bond donors (Lipinski definition) is 0. The molecule has 1 rings (SSSR count). The van der Waals surface area contributed by atoms with Crippen LogP contribution in [0.25, 0.3) is 0 Å². The number of unbranched alkanes of at least 4 members (excludes halogenated alkanes) is 2. The molecule has 1 fully saturated rings.